The molecule has 0 saturated heterocycles. The van der Waals surface area contributed by atoms with Crippen LogP contribution >= 0.6 is 0 Å². The summed E-state index contributed by atoms with van der Waals surface area (Å²) in [6, 6.07) is 0. The van der Waals surface area contributed by atoms with E-state index in [1.54, 1.807) is 7.05 Å². The van der Waals surface area contributed by atoms with Crippen molar-refractivity contribution in [1.82, 2.24) is 0 Å². The van der Waals surface area contributed by atoms with E-state index >= 15 is 0 Å². The minimum atomic E-state index is 0.961. The molecular weight excluding hydrogens is 88.1 g/mol. The number of nitrogens with zero attached hydrogens (tertiary/aromatic N) is 2. The molecule has 2 nitrogen and oxygen atoms in total. The van der Waals surface area contributed by atoms with Gasteiger partial charge in [0.15, 0.2) is 0 Å². The van der Waals surface area contributed by atoms with Crippen LogP contribution in [0.3, 0.4) is 0 Å². The summed E-state index contributed by atoms with van der Waals surface area (Å²) in [5, 5.41) is 7.29. The summed E-state index contributed by atoms with van der Waals surface area (Å²) >= 11 is 0. The van der Waals surface area contributed by atoms with Gasteiger partial charge in [-0.1, -0.05) is 6.08 Å². The molecule has 0 bridgehead atoms. The third-order valence-electron chi connectivity index (χ3n) is 0.676. The summed E-state index contributed by atoms with van der Waals surface area (Å²) in [7, 11) is 1.66. The van der Waals surface area contributed by atoms with Gasteiger partial charge in [-0.3, -0.25) is 0 Å². The maximum Gasteiger partial charge on any atom is 0.0552 e. The number of rotatable bonds is 1. The Balaban J connectivity index is 3.58. The van der Waals surface area contributed by atoms with Crippen molar-refractivity contribution in [3.8, 4) is 0 Å². The van der Waals surface area contributed by atoms with E-state index in [1.165, 1.54) is 0 Å². The molecule has 0 aliphatic heterocycles. The second-order valence-corrected chi connectivity index (χ2v) is 1.23. The largest absolute Gasteiger partial charge is 0.192 e. The summed E-state index contributed by atoms with van der Waals surface area (Å²) in [4.78, 5) is 0. The predicted molar refractivity (Wildman–Crippen MR) is 30.2 cm³/mol. The quantitative estimate of drug-likeness (QED) is 0.448. The van der Waals surface area contributed by atoms with E-state index in [2.05, 4.69) is 10.2 Å². The van der Waals surface area contributed by atoms with Gasteiger partial charge in [0.25, 0.3) is 0 Å². The summed E-state index contributed by atoms with van der Waals surface area (Å²) in [6.07, 6.45) is 1.91. The molecule has 0 spiro atoms. The summed E-state index contributed by atoms with van der Waals surface area (Å²) in [6.45, 7) is 3.84. The van der Waals surface area contributed by atoms with E-state index < -0.39 is 0 Å². The zero-order valence-corrected chi connectivity index (χ0v) is 4.97. The van der Waals surface area contributed by atoms with Crippen molar-refractivity contribution in [2.45, 2.75) is 13.8 Å². The maximum absolute atomic E-state index is 3.73. The SMILES string of the molecule is CC=C(C)N=NC. The van der Waals surface area contributed by atoms with Crippen LogP contribution < -0.4 is 0 Å². The Morgan fingerprint density at radius 3 is 2.29 bits per heavy atom. The van der Waals surface area contributed by atoms with Crippen molar-refractivity contribution >= 4 is 0 Å². The van der Waals surface area contributed by atoms with Gasteiger partial charge in [-0.25, -0.2) is 0 Å². The van der Waals surface area contributed by atoms with Crippen molar-refractivity contribution < 1.29 is 0 Å². The molecule has 0 unspecified atom stereocenters. The van der Waals surface area contributed by atoms with Gasteiger partial charge in [-0.15, -0.1) is 0 Å². The zero-order valence-electron chi connectivity index (χ0n) is 4.97. The summed E-state index contributed by atoms with van der Waals surface area (Å²) in [5.74, 6) is 0. The first kappa shape index (κ1) is 6.34. The van der Waals surface area contributed by atoms with Crippen molar-refractivity contribution in [3.05, 3.63) is 11.8 Å². The highest BCUT2D eigenvalue weighted by Gasteiger charge is 1.72. The lowest BCUT2D eigenvalue weighted by Crippen LogP contribution is -1.60. The standard InChI is InChI=1S/C5H10N2/c1-4-5(2)7-6-3/h4H,1-3H3. The molecule has 0 aromatic rings. The van der Waals surface area contributed by atoms with Crippen LogP contribution in [-0.2, 0) is 0 Å². The fourth-order valence-electron chi connectivity index (χ4n) is 0.215. The highest BCUT2D eigenvalue weighted by Crippen LogP contribution is 1.91. The van der Waals surface area contributed by atoms with E-state index in [4.69, 9.17) is 0 Å². The Bertz CT molecular complexity index is 92.3. The van der Waals surface area contributed by atoms with Crippen molar-refractivity contribution in [2.24, 2.45) is 10.2 Å². The molecule has 0 amide bonds. The Hall–Kier alpha value is -0.660. The molecule has 0 aliphatic carbocycles. The fraction of sp³-hybridized carbons (Fsp3) is 0.600. The van der Waals surface area contributed by atoms with Crippen LogP contribution in [0.2, 0.25) is 0 Å². The lowest BCUT2D eigenvalue weighted by atomic mass is 10.5. The number of hydrogen-bond donors (Lipinski definition) is 0. The number of azo groups is 1. The van der Waals surface area contributed by atoms with Gasteiger partial charge >= 0.3 is 0 Å². The first-order chi connectivity index (χ1) is 3.31. The predicted octanol–water partition coefficient (Wildman–Crippen LogP) is 1.99. The monoisotopic (exact) mass is 98.1 g/mol. The molecule has 2 heteroatoms. The lowest BCUT2D eigenvalue weighted by molar-refractivity contribution is 1.08. The third-order valence-corrected chi connectivity index (χ3v) is 0.676. The van der Waals surface area contributed by atoms with Crippen LogP contribution in [0.1, 0.15) is 13.8 Å². The molecule has 0 aromatic heterocycles. The van der Waals surface area contributed by atoms with Crippen molar-refractivity contribution in [2.75, 3.05) is 7.05 Å². The van der Waals surface area contributed by atoms with Crippen molar-refractivity contribution in [3.63, 3.8) is 0 Å². The van der Waals surface area contributed by atoms with Gasteiger partial charge < -0.3 is 0 Å². The van der Waals surface area contributed by atoms with Crippen LogP contribution in [0.15, 0.2) is 22.0 Å². The molecule has 0 N–H and O–H groups in total. The van der Waals surface area contributed by atoms with E-state index in [0.29, 0.717) is 0 Å². The number of allylic oxidation sites excluding steroid dienone is 2. The normalized spacial score (nSPS) is 13.3. The van der Waals surface area contributed by atoms with Crippen LogP contribution in [0.4, 0.5) is 0 Å². The summed E-state index contributed by atoms with van der Waals surface area (Å²) in [5.41, 5.74) is 0.961. The van der Waals surface area contributed by atoms with Crippen LogP contribution in [0.25, 0.3) is 0 Å². The molecule has 7 heavy (non-hydrogen) atoms. The maximum atomic E-state index is 3.73. The molecule has 0 rings (SSSR count). The van der Waals surface area contributed by atoms with E-state index in [1.807, 2.05) is 19.9 Å². The molecule has 0 aromatic carbocycles. The average Bonchev–Trinajstić information content (AvgIpc) is 1.68. The average molecular weight is 98.1 g/mol. The summed E-state index contributed by atoms with van der Waals surface area (Å²) < 4.78 is 0. The van der Waals surface area contributed by atoms with Gasteiger partial charge in [-0.05, 0) is 13.8 Å². The van der Waals surface area contributed by atoms with Gasteiger partial charge in [0.05, 0.1) is 5.70 Å². The Labute approximate surface area is 44.0 Å². The van der Waals surface area contributed by atoms with Gasteiger partial charge in [-0.2, -0.15) is 10.2 Å². The minimum absolute atomic E-state index is 0.961. The van der Waals surface area contributed by atoms with E-state index in [0.717, 1.165) is 5.70 Å². The fourth-order valence-corrected chi connectivity index (χ4v) is 0.215. The first-order valence-electron chi connectivity index (χ1n) is 2.24. The van der Waals surface area contributed by atoms with Crippen LogP contribution in [-0.4, -0.2) is 7.05 Å². The van der Waals surface area contributed by atoms with Gasteiger partial charge in [0.1, 0.15) is 0 Å². The van der Waals surface area contributed by atoms with E-state index in [9.17, 15) is 0 Å². The molecule has 0 heterocycles. The zero-order chi connectivity index (χ0) is 5.70. The van der Waals surface area contributed by atoms with E-state index in [-0.39, 0.29) is 0 Å². The van der Waals surface area contributed by atoms with Gasteiger partial charge in [0.2, 0.25) is 0 Å². The Morgan fingerprint density at radius 1 is 1.57 bits per heavy atom. The van der Waals surface area contributed by atoms with Crippen molar-refractivity contribution in [1.29, 1.82) is 0 Å². The highest BCUT2D eigenvalue weighted by atomic mass is 15.1. The highest BCUT2D eigenvalue weighted by molar-refractivity contribution is 4.90. The molecule has 0 saturated carbocycles. The number of hydrogen-bond acceptors (Lipinski definition) is 2. The second kappa shape index (κ2) is 3.53. The molecule has 0 atom stereocenters. The molecule has 0 fully saturated rings. The molecular formula is C5H10N2. The first-order valence-corrected chi connectivity index (χ1v) is 2.24. The molecule has 40 valence electrons. The minimum Gasteiger partial charge on any atom is -0.192 e. The second-order valence-electron chi connectivity index (χ2n) is 1.23. The molecule has 0 aliphatic rings. The van der Waals surface area contributed by atoms with Crippen LogP contribution in [0.5, 0.6) is 0 Å². The molecule has 0 radical (unpaired) electrons. The third kappa shape index (κ3) is 3.16. The lowest BCUT2D eigenvalue weighted by Gasteiger charge is -1.80. The Kier molecular flexibility index (Phi) is 3.19. The topological polar surface area (TPSA) is 24.7 Å². The Morgan fingerprint density at radius 2 is 2.14 bits per heavy atom. The van der Waals surface area contributed by atoms with Crippen LogP contribution in [0, 0.1) is 0 Å². The van der Waals surface area contributed by atoms with Gasteiger partial charge in [0, 0.05) is 7.05 Å². The smallest absolute Gasteiger partial charge is 0.0552 e.